The molecule has 4 rings (SSSR count). The van der Waals surface area contributed by atoms with Crippen LogP contribution < -0.4 is 14.4 Å². The molecule has 5 heteroatoms. The Kier molecular flexibility index (Phi) is 3.37. The second-order valence-corrected chi connectivity index (χ2v) is 6.26. The summed E-state index contributed by atoms with van der Waals surface area (Å²) in [6.45, 7) is 2.21. The molecule has 0 bridgehead atoms. The second-order valence-electron chi connectivity index (χ2n) is 5.47. The first-order chi connectivity index (χ1) is 10.4. The molecule has 1 aliphatic carbocycles. The number of rotatable bonds is 4. The minimum absolute atomic E-state index is 0.613. The highest BCUT2D eigenvalue weighted by Gasteiger charge is 2.30. The van der Waals surface area contributed by atoms with Crippen LogP contribution >= 0.6 is 15.9 Å². The van der Waals surface area contributed by atoms with E-state index in [2.05, 4.69) is 37.9 Å². The molecule has 2 heterocycles. The highest BCUT2D eigenvalue weighted by Crippen LogP contribution is 2.39. The van der Waals surface area contributed by atoms with Crippen molar-refractivity contribution in [3.8, 4) is 11.5 Å². The van der Waals surface area contributed by atoms with Gasteiger partial charge in [0.25, 0.3) is 0 Å². The zero-order chi connectivity index (χ0) is 14.2. The molecule has 0 spiro atoms. The van der Waals surface area contributed by atoms with Crippen LogP contribution in [0.4, 0.5) is 5.82 Å². The Morgan fingerprint density at radius 3 is 2.67 bits per heavy atom. The summed E-state index contributed by atoms with van der Waals surface area (Å²) in [5.74, 6) is 2.73. The molecule has 4 nitrogen and oxygen atoms in total. The van der Waals surface area contributed by atoms with Crippen LogP contribution in [-0.2, 0) is 0 Å². The largest absolute Gasteiger partial charge is 0.486 e. The molecule has 1 saturated carbocycles. The van der Waals surface area contributed by atoms with Crippen LogP contribution in [0.5, 0.6) is 11.5 Å². The Bertz CT molecular complexity index is 673. The standard InChI is InChI=1S/C16H17BrN2O2/c17-4-6-19(12-1-2-12)16-13-10-15-14(20-7-8-21-15)9-11(13)3-5-18-16/h3,5,9-10,12H,1-2,4,6-8H2. The average molecular weight is 349 g/mol. The van der Waals surface area contributed by atoms with Gasteiger partial charge in [-0.1, -0.05) is 15.9 Å². The van der Waals surface area contributed by atoms with Gasteiger partial charge in [0, 0.05) is 29.5 Å². The van der Waals surface area contributed by atoms with Gasteiger partial charge in [-0.15, -0.1) is 0 Å². The third kappa shape index (κ3) is 2.44. The molecule has 0 radical (unpaired) electrons. The van der Waals surface area contributed by atoms with E-state index in [0.717, 1.165) is 40.0 Å². The molecule has 1 aliphatic heterocycles. The third-order valence-corrected chi connectivity index (χ3v) is 4.35. The van der Waals surface area contributed by atoms with E-state index in [4.69, 9.17) is 9.47 Å². The summed E-state index contributed by atoms with van der Waals surface area (Å²) in [6.07, 6.45) is 4.41. The lowest BCUT2D eigenvalue weighted by Gasteiger charge is -2.25. The first kappa shape index (κ1) is 13.2. The summed E-state index contributed by atoms with van der Waals surface area (Å²) in [5, 5.41) is 3.26. The van der Waals surface area contributed by atoms with Gasteiger partial charge in [-0.25, -0.2) is 4.98 Å². The summed E-state index contributed by atoms with van der Waals surface area (Å²) >= 11 is 3.55. The first-order valence-corrected chi connectivity index (χ1v) is 8.50. The zero-order valence-electron chi connectivity index (χ0n) is 11.7. The number of pyridine rings is 1. The number of nitrogens with zero attached hydrogens (tertiary/aromatic N) is 2. The van der Waals surface area contributed by atoms with Gasteiger partial charge in [0.15, 0.2) is 11.5 Å². The summed E-state index contributed by atoms with van der Waals surface area (Å²) < 4.78 is 11.4. The molecule has 0 saturated heterocycles. The van der Waals surface area contributed by atoms with Crippen molar-refractivity contribution in [3.05, 3.63) is 24.4 Å². The summed E-state index contributed by atoms with van der Waals surface area (Å²) in [6, 6.07) is 6.81. The van der Waals surface area contributed by atoms with Gasteiger partial charge in [0.2, 0.25) is 0 Å². The van der Waals surface area contributed by atoms with Gasteiger partial charge in [-0.05, 0) is 36.4 Å². The maximum Gasteiger partial charge on any atom is 0.162 e. The number of aromatic nitrogens is 1. The van der Waals surface area contributed by atoms with E-state index in [-0.39, 0.29) is 0 Å². The Hall–Kier alpha value is -1.49. The molecule has 2 aromatic rings. The fourth-order valence-electron chi connectivity index (χ4n) is 2.86. The molecule has 1 aromatic carbocycles. The molecule has 0 unspecified atom stereocenters. The molecule has 0 atom stereocenters. The second kappa shape index (κ2) is 5.37. The van der Waals surface area contributed by atoms with Crippen molar-refractivity contribution in [2.75, 3.05) is 30.0 Å². The molecule has 1 fully saturated rings. The monoisotopic (exact) mass is 348 g/mol. The van der Waals surface area contributed by atoms with E-state index in [0.29, 0.717) is 19.3 Å². The summed E-state index contributed by atoms with van der Waals surface area (Å²) in [7, 11) is 0. The SMILES string of the molecule is BrCCN(c1nccc2cc3c(cc12)OCCO3)C1CC1. The highest BCUT2D eigenvalue weighted by atomic mass is 79.9. The van der Waals surface area contributed by atoms with E-state index in [1.807, 2.05) is 12.3 Å². The topological polar surface area (TPSA) is 34.6 Å². The van der Waals surface area contributed by atoms with E-state index in [1.54, 1.807) is 0 Å². The number of halogens is 1. The number of alkyl halides is 1. The van der Waals surface area contributed by atoms with Gasteiger partial charge >= 0.3 is 0 Å². The molecule has 21 heavy (non-hydrogen) atoms. The van der Waals surface area contributed by atoms with Crippen LogP contribution in [0.25, 0.3) is 10.8 Å². The minimum atomic E-state index is 0.613. The normalized spacial score (nSPS) is 17.0. The molecule has 0 amide bonds. The molecule has 0 N–H and O–H groups in total. The summed E-state index contributed by atoms with van der Waals surface area (Å²) in [5.41, 5.74) is 0. The molecule has 1 aromatic heterocycles. The zero-order valence-corrected chi connectivity index (χ0v) is 13.3. The fraction of sp³-hybridized carbons (Fsp3) is 0.438. The van der Waals surface area contributed by atoms with Crippen molar-refractivity contribution < 1.29 is 9.47 Å². The van der Waals surface area contributed by atoms with Crippen LogP contribution in [0, 0.1) is 0 Å². The van der Waals surface area contributed by atoms with Crippen molar-refractivity contribution in [1.29, 1.82) is 0 Å². The van der Waals surface area contributed by atoms with Crippen molar-refractivity contribution >= 4 is 32.5 Å². The smallest absolute Gasteiger partial charge is 0.162 e. The summed E-state index contributed by atoms with van der Waals surface area (Å²) in [4.78, 5) is 7.05. The van der Waals surface area contributed by atoms with Gasteiger partial charge in [-0.3, -0.25) is 0 Å². The van der Waals surface area contributed by atoms with Crippen LogP contribution in [-0.4, -0.2) is 36.1 Å². The fourth-order valence-corrected chi connectivity index (χ4v) is 3.24. The van der Waals surface area contributed by atoms with Crippen molar-refractivity contribution in [2.24, 2.45) is 0 Å². The predicted octanol–water partition coefficient (Wildman–Crippen LogP) is 3.37. The number of ether oxygens (including phenoxy) is 2. The number of hydrogen-bond donors (Lipinski definition) is 0. The molecular weight excluding hydrogens is 332 g/mol. The van der Waals surface area contributed by atoms with Gasteiger partial charge in [0.05, 0.1) is 0 Å². The lowest BCUT2D eigenvalue weighted by molar-refractivity contribution is 0.172. The minimum Gasteiger partial charge on any atom is -0.486 e. The lowest BCUT2D eigenvalue weighted by atomic mass is 10.1. The number of benzene rings is 1. The molecule has 110 valence electrons. The van der Waals surface area contributed by atoms with E-state index < -0.39 is 0 Å². The van der Waals surface area contributed by atoms with Crippen LogP contribution in [0.15, 0.2) is 24.4 Å². The van der Waals surface area contributed by atoms with Crippen molar-refractivity contribution in [3.63, 3.8) is 0 Å². The number of anilines is 1. The quantitative estimate of drug-likeness (QED) is 0.793. The molecule has 2 aliphatic rings. The number of fused-ring (bicyclic) bond motifs is 2. The number of hydrogen-bond acceptors (Lipinski definition) is 4. The maximum atomic E-state index is 5.72. The average Bonchev–Trinajstić information content (AvgIpc) is 3.35. The van der Waals surface area contributed by atoms with Crippen LogP contribution in [0.2, 0.25) is 0 Å². The Labute approximate surface area is 132 Å². The van der Waals surface area contributed by atoms with Crippen molar-refractivity contribution in [2.45, 2.75) is 18.9 Å². The van der Waals surface area contributed by atoms with E-state index >= 15 is 0 Å². The van der Waals surface area contributed by atoms with Gasteiger partial charge < -0.3 is 14.4 Å². The van der Waals surface area contributed by atoms with Crippen molar-refractivity contribution in [1.82, 2.24) is 4.98 Å². The lowest BCUT2D eigenvalue weighted by Crippen LogP contribution is -2.28. The van der Waals surface area contributed by atoms with Crippen LogP contribution in [0.1, 0.15) is 12.8 Å². The Morgan fingerprint density at radius 2 is 1.95 bits per heavy atom. The van der Waals surface area contributed by atoms with E-state index in [1.165, 1.54) is 12.8 Å². The van der Waals surface area contributed by atoms with Crippen LogP contribution in [0.3, 0.4) is 0 Å². The maximum absolute atomic E-state index is 5.72. The van der Waals surface area contributed by atoms with E-state index in [9.17, 15) is 0 Å². The first-order valence-electron chi connectivity index (χ1n) is 7.38. The van der Waals surface area contributed by atoms with Gasteiger partial charge in [0.1, 0.15) is 19.0 Å². The Morgan fingerprint density at radius 1 is 1.19 bits per heavy atom. The Balaban J connectivity index is 1.84. The predicted molar refractivity (Wildman–Crippen MR) is 86.9 cm³/mol. The highest BCUT2D eigenvalue weighted by molar-refractivity contribution is 9.09. The van der Waals surface area contributed by atoms with Gasteiger partial charge in [-0.2, -0.15) is 0 Å². The molecular formula is C16H17BrN2O2. The third-order valence-electron chi connectivity index (χ3n) is 3.99.